The molecule has 4 rings (SSSR count). The zero-order valence-corrected chi connectivity index (χ0v) is 14.8. The number of hydrogen-bond donors (Lipinski definition) is 1. The fourth-order valence-corrected chi connectivity index (χ4v) is 4.49. The smallest absolute Gasteiger partial charge is 0.228 e. The van der Waals surface area contributed by atoms with Crippen molar-refractivity contribution in [3.63, 3.8) is 0 Å². The zero-order chi connectivity index (χ0) is 17.1. The van der Waals surface area contributed by atoms with Crippen molar-refractivity contribution in [2.24, 2.45) is 0 Å². The molecule has 1 aliphatic rings. The second kappa shape index (κ2) is 7.24. The monoisotopic (exact) mass is 347 g/mol. The Morgan fingerprint density at radius 2 is 1.80 bits per heavy atom. The number of hydrogen-bond acceptors (Lipinski definition) is 2. The first-order chi connectivity index (χ1) is 12.3. The van der Waals surface area contributed by atoms with E-state index in [1.807, 2.05) is 30.3 Å². The van der Waals surface area contributed by atoms with Gasteiger partial charge in [-0.2, -0.15) is 0 Å². The quantitative estimate of drug-likeness (QED) is 0.701. The van der Waals surface area contributed by atoms with Gasteiger partial charge in [0, 0.05) is 4.88 Å². The van der Waals surface area contributed by atoms with Crippen molar-refractivity contribution in [3.05, 3.63) is 93.7 Å². The maximum Gasteiger partial charge on any atom is 0.228 e. The molecule has 0 unspecified atom stereocenters. The second-order valence-corrected chi connectivity index (χ2v) is 7.49. The summed E-state index contributed by atoms with van der Waals surface area (Å²) in [5.41, 5.74) is 3.65. The Bertz CT molecular complexity index is 841. The maximum atomic E-state index is 13.1. The molecule has 126 valence electrons. The van der Waals surface area contributed by atoms with Crippen molar-refractivity contribution in [2.75, 3.05) is 0 Å². The standard InChI is InChI=1S/C22H21NOS/c24-22(19-13-6-11-16-8-4-5-12-18(16)19)23-21(20-14-7-15-25-20)17-9-2-1-3-10-17/h1-5,7-10,12,14-15,19,21H,6,11,13H2,(H,23,24)/t19-,21-/m1/s1. The Labute approximate surface area is 152 Å². The van der Waals surface area contributed by atoms with Crippen LogP contribution < -0.4 is 5.32 Å². The summed E-state index contributed by atoms with van der Waals surface area (Å²) < 4.78 is 0. The highest BCUT2D eigenvalue weighted by molar-refractivity contribution is 7.10. The number of carbonyl (C=O) groups is 1. The van der Waals surface area contributed by atoms with Gasteiger partial charge in [0.25, 0.3) is 0 Å². The third-order valence-electron chi connectivity index (χ3n) is 4.93. The normalized spacial score (nSPS) is 17.5. The third kappa shape index (κ3) is 3.38. The van der Waals surface area contributed by atoms with Crippen molar-refractivity contribution in [1.29, 1.82) is 0 Å². The van der Waals surface area contributed by atoms with Crippen molar-refractivity contribution in [2.45, 2.75) is 31.2 Å². The van der Waals surface area contributed by atoms with Gasteiger partial charge in [-0.05, 0) is 47.4 Å². The lowest BCUT2D eigenvalue weighted by Gasteiger charge is -2.27. The van der Waals surface area contributed by atoms with Crippen molar-refractivity contribution < 1.29 is 4.79 Å². The molecule has 1 aliphatic carbocycles. The fraction of sp³-hybridized carbons (Fsp3) is 0.227. The molecule has 2 aromatic carbocycles. The number of thiophene rings is 1. The number of amides is 1. The summed E-state index contributed by atoms with van der Waals surface area (Å²) in [6.45, 7) is 0. The first kappa shape index (κ1) is 16.1. The van der Waals surface area contributed by atoms with Gasteiger partial charge in [-0.3, -0.25) is 4.79 Å². The molecule has 0 fully saturated rings. The van der Waals surface area contributed by atoms with Crippen LogP contribution in [0.1, 0.15) is 46.4 Å². The third-order valence-corrected chi connectivity index (χ3v) is 5.87. The molecular weight excluding hydrogens is 326 g/mol. The van der Waals surface area contributed by atoms with Crippen LogP contribution in [-0.4, -0.2) is 5.91 Å². The molecule has 0 saturated carbocycles. The van der Waals surface area contributed by atoms with Crippen LogP contribution in [-0.2, 0) is 11.2 Å². The molecule has 1 aromatic heterocycles. The summed E-state index contributed by atoms with van der Waals surface area (Å²) in [5.74, 6) is 0.0885. The van der Waals surface area contributed by atoms with Gasteiger partial charge in [-0.1, -0.05) is 60.7 Å². The lowest BCUT2D eigenvalue weighted by Crippen LogP contribution is -2.34. The van der Waals surface area contributed by atoms with Gasteiger partial charge < -0.3 is 5.32 Å². The number of aryl methyl sites for hydroxylation is 1. The van der Waals surface area contributed by atoms with E-state index in [1.54, 1.807) is 11.3 Å². The van der Waals surface area contributed by atoms with Gasteiger partial charge in [0.15, 0.2) is 0 Å². The van der Waals surface area contributed by atoms with Crippen molar-refractivity contribution >= 4 is 17.2 Å². The number of benzene rings is 2. The van der Waals surface area contributed by atoms with E-state index < -0.39 is 0 Å². The lowest BCUT2D eigenvalue weighted by molar-refractivity contribution is -0.123. The van der Waals surface area contributed by atoms with E-state index in [0.29, 0.717) is 0 Å². The SMILES string of the molecule is O=C(N[C@H](c1ccccc1)c1cccs1)[C@@H]1CCCc2ccccc21. The highest BCUT2D eigenvalue weighted by Gasteiger charge is 2.28. The topological polar surface area (TPSA) is 29.1 Å². The highest BCUT2D eigenvalue weighted by atomic mass is 32.1. The Morgan fingerprint density at radius 1 is 1.00 bits per heavy atom. The summed E-state index contributed by atoms with van der Waals surface area (Å²) in [5, 5.41) is 5.38. The average molecular weight is 347 g/mol. The minimum atomic E-state index is -0.0808. The van der Waals surface area contributed by atoms with Crippen LogP contribution in [0.5, 0.6) is 0 Å². The summed E-state index contributed by atoms with van der Waals surface area (Å²) in [7, 11) is 0. The summed E-state index contributed by atoms with van der Waals surface area (Å²) in [6, 6.07) is 22.7. The average Bonchev–Trinajstić information content (AvgIpc) is 3.20. The molecule has 25 heavy (non-hydrogen) atoms. The zero-order valence-electron chi connectivity index (χ0n) is 14.0. The molecule has 0 aliphatic heterocycles. The van der Waals surface area contributed by atoms with Crippen LogP contribution in [0, 0.1) is 0 Å². The predicted octanol–water partition coefficient (Wildman–Crippen LogP) is 5.07. The van der Waals surface area contributed by atoms with Gasteiger partial charge in [0.2, 0.25) is 5.91 Å². The van der Waals surface area contributed by atoms with E-state index in [4.69, 9.17) is 0 Å². The number of carbonyl (C=O) groups excluding carboxylic acids is 1. The Balaban J connectivity index is 1.62. The molecule has 3 heteroatoms. The Kier molecular flexibility index (Phi) is 4.66. The molecule has 0 saturated heterocycles. The van der Waals surface area contributed by atoms with Gasteiger partial charge in [-0.15, -0.1) is 11.3 Å². The first-order valence-corrected chi connectivity index (χ1v) is 9.67. The fourth-order valence-electron chi connectivity index (χ4n) is 3.69. The minimum absolute atomic E-state index is 0.0453. The summed E-state index contributed by atoms with van der Waals surface area (Å²) in [6.07, 6.45) is 3.08. The molecule has 0 spiro atoms. The molecule has 3 aromatic rings. The number of fused-ring (bicyclic) bond motifs is 1. The summed E-state index contributed by atoms with van der Waals surface area (Å²) in [4.78, 5) is 14.3. The summed E-state index contributed by atoms with van der Waals surface area (Å²) >= 11 is 1.69. The van der Waals surface area contributed by atoms with E-state index >= 15 is 0 Å². The van der Waals surface area contributed by atoms with E-state index in [-0.39, 0.29) is 17.9 Å². The van der Waals surface area contributed by atoms with Crippen LogP contribution in [0.15, 0.2) is 72.1 Å². The van der Waals surface area contributed by atoms with Crippen LogP contribution >= 0.6 is 11.3 Å². The molecule has 1 amide bonds. The Morgan fingerprint density at radius 3 is 2.60 bits per heavy atom. The van der Waals surface area contributed by atoms with Crippen LogP contribution in [0.25, 0.3) is 0 Å². The number of rotatable bonds is 4. The van der Waals surface area contributed by atoms with Gasteiger partial charge in [-0.25, -0.2) is 0 Å². The first-order valence-electron chi connectivity index (χ1n) is 8.79. The van der Waals surface area contributed by atoms with E-state index in [0.717, 1.165) is 24.8 Å². The van der Waals surface area contributed by atoms with Crippen molar-refractivity contribution in [1.82, 2.24) is 5.32 Å². The molecule has 1 heterocycles. The van der Waals surface area contributed by atoms with E-state index in [9.17, 15) is 4.79 Å². The molecule has 0 radical (unpaired) electrons. The molecule has 2 nitrogen and oxygen atoms in total. The lowest BCUT2D eigenvalue weighted by atomic mass is 9.82. The van der Waals surface area contributed by atoms with Crippen molar-refractivity contribution in [3.8, 4) is 0 Å². The van der Waals surface area contributed by atoms with E-state index in [2.05, 4.69) is 47.1 Å². The van der Waals surface area contributed by atoms with Crippen LogP contribution in [0.3, 0.4) is 0 Å². The van der Waals surface area contributed by atoms with Crippen LogP contribution in [0.4, 0.5) is 0 Å². The van der Waals surface area contributed by atoms with Gasteiger partial charge >= 0.3 is 0 Å². The Hall–Kier alpha value is -2.39. The van der Waals surface area contributed by atoms with Crippen LogP contribution in [0.2, 0.25) is 0 Å². The molecule has 2 atom stereocenters. The molecule has 0 bridgehead atoms. The van der Waals surface area contributed by atoms with E-state index in [1.165, 1.54) is 16.0 Å². The highest BCUT2D eigenvalue weighted by Crippen LogP contribution is 2.33. The largest absolute Gasteiger partial charge is 0.344 e. The predicted molar refractivity (Wildman–Crippen MR) is 103 cm³/mol. The van der Waals surface area contributed by atoms with Gasteiger partial charge in [0.1, 0.15) is 0 Å². The molecule has 1 N–H and O–H groups in total. The van der Waals surface area contributed by atoms with Gasteiger partial charge in [0.05, 0.1) is 12.0 Å². The molecular formula is C22H21NOS. The second-order valence-electron chi connectivity index (χ2n) is 6.51. The maximum absolute atomic E-state index is 13.1. The number of nitrogens with one attached hydrogen (secondary N) is 1. The minimum Gasteiger partial charge on any atom is -0.344 e.